The summed E-state index contributed by atoms with van der Waals surface area (Å²) in [4.78, 5) is 12.1. The molecule has 0 aliphatic rings. The fourth-order valence-electron chi connectivity index (χ4n) is 1.98. The molecule has 1 amide bonds. The molecule has 7 heteroatoms. The van der Waals surface area contributed by atoms with Crippen molar-refractivity contribution in [2.45, 2.75) is 0 Å². The number of halogens is 2. The maximum absolute atomic E-state index is 12.1. The van der Waals surface area contributed by atoms with Crippen LogP contribution in [0, 0.1) is 0 Å². The maximum atomic E-state index is 12.1. The smallest absolute Gasteiger partial charge is 0.277 e. The first-order valence-corrected chi connectivity index (χ1v) is 7.31. The number of rotatable bonds is 3. The highest BCUT2D eigenvalue weighted by atomic mass is 35.5. The van der Waals surface area contributed by atoms with Crippen LogP contribution in [0.15, 0.2) is 53.1 Å². The Morgan fingerprint density at radius 2 is 1.96 bits per heavy atom. The molecule has 5 nitrogen and oxygen atoms in total. The van der Waals surface area contributed by atoms with Crippen LogP contribution in [0.1, 0.15) is 10.5 Å². The predicted octanol–water partition coefficient (Wildman–Crippen LogP) is 4.61. The second kappa shape index (κ2) is 6.32. The Balaban J connectivity index is 1.82. The zero-order valence-electron chi connectivity index (χ0n) is 11.6. The van der Waals surface area contributed by atoms with Gasteiger partial charge < -0.3 is 14.9 Å². The second-order valence-electron chi connectivity index (χ2n) is 4.71. The summed E-state index contributed by atoms with van der Waals surface area (Å²) < 4.78 is 5.17. The number of aromatic nitrogens is 1. The summed E-state index contributed by atoms with van der Waals surface area (Å²) in [5, 5.41) is 16.6. The monoisotopic (exact) mass is 348 g/mol. The van der Waals surface area contributed by atoms with Crippen molar-refractivity contribution in [3.05, 3.63) is 64.3 Å². The van der Waals surface area contributed by atoms with Gasteiger partial charge in [-0.15, -0.1) is 0 Å². The van der Waals surface area contributed by atoms with E-state index in [2.05, 4.69) is 10.5 Å². The lowest BCUT2D eigenvalue weighted by Gasteiger charge is -2.02. The number of carbonyl (C=O) groups excluding carboxylic acids is 1. The van der Waals surface area contributed by atoms with Gasteiger partial charge in [-0.3, -0.25) is 4.79 Å². The molecule has 1 heterocycles. The van der Waals surface area contributed by atoms with E-state index in [4.69, 9.17) is 27.7 Å². The molecule has 3 rings (SSSR count). The van der Waals surface area contributed by atoms with Crippen molar-refractivity contribution in [1.29, 1.82) is 0 Å². The summed E-state index contributed by atoms with van der Waals surface area (Å²) in [5.74, 6) is -0.0556. The number of carbonyl (C=O) groups is 1. The van der Waals surface area contributed by atoms with E-state index >= 15 is 0 Å². The minimum Gasteiger partial charge on any atom is -0.508 e. The molecule has 2 aromatic carbocycles. The van der Waals surface area contributed by atoms with Gasteiger partial charge in [-0.2, -0.15) is 0 Å². The van der Waals surface area contributed by atoms with Crippen molar-refractivity contribution >= 4 is 34.8 Å². The molecular weight excluding hydrogens is 339 g/mol. The van der Waals surface area contributed by atoms with Crippen molar-refractivity contribution in [1.82, 2.24) is 5.16 Å². The number of phenolic OH excluding ortho intramolecular Hbond substituents is 1. The minimum atomic E-state index is -0.462. The Kier molecular flexibility index (Phi) is 4.23. The first-order valence-electron chi connectivity index (χ1n) is 6.55. The summed E-state index contributed by atoms with van der Waals surface area (Å²) >= 11 is 11.9. The van der Waals surface area contributed by atoms with Gasteiger partial charge in [-0.1, -0.05) is 34.4 Å². The SMILES string of the molecule is O=C(Nc1cccc(O)c1)c1cc(-c2ccc(Cl)cc2Cl)on1. The van der Waals surface area contributed by atoms with Crippen LogP contribution >= 0.6 is 23.2 Å². The Labute approximate surface area is 141 Å². The summed E-state index contributed by atoms with van der Waals surface area (Å²) in [6.07, 6.45) is 0. The molecule has 2 N–H and O–H groups in total. The Morgan fingerprint density at radius 1 is 1.13 bits per heavy atom. The standard InChI is InChI=1S/C16H10Cl2N2O3/c17-9-4-5-12(13(18)6-9)15-8-14(20-23-15)16(22)19-10-2-1-3-11(21)7-10/h1-8,21H,(H,19,22). The Bertz CT molecular complexity index is 877. The van der Waals surface area contributed by atoms with Gasteiger partial charge in [-0.25, -0.2) is 0 Å². The number of hydrogen-bond acceptors (Lipinski definition) is 4. The Hall–Kier alpha value is -2.50. The third-order valence-corrected chi connectivity index (χ3v) is 3.59. The van der Waals surface area contributed by atoms with Crippen LogP contribution in [-0.2, 0) is 0 Å². The molecule has 0 spiro atoms. The normalized spacial score (nSPS) is 10.5. The lowest BCUT2D eigenvalue weighted by molar-refractivity contribution is 0.101. The van der Waals surface area contributed by atoms with Gasteiger partial charge in [0.1, 0.15) is 5.75 Å². The highest BCUT2D eigenvalue weighted by Gasteiger charge is 2.16. The summed E-state index contributed by atoms with van der Waals surface area (Å²) in [6.45, 7) is 0. The maximum Gasteiger partial charge on any atom is 0.277 e. The number of nitrogens with one attached hydrogen (secondary N) is 1. The first kappa shape index (κ1) is 15.4. The number of amides is 1. The van der Waals surface area contributed by atoms with Crippen LogP contribution in [0.5, 0.6) is 5.75 Å². The van der Waals surface area contributed by atoms with Crippen molar-refractivity contribution in [3.8, 4) is 17.1 Å². The fraction of sp³-hybridized carbons (Fsp3) is 0. The second-order valence-corrected chi connectivity index (χ2v) is 5.55. The zero-order chi connectivity index (χ0) is 16.4. The quantitative estimate of drug-likeness (QED) is 0.724. The summed E-state index contributed by atoms with van der Waals surface area (Å²) in [6, 6.07) is 12.6. The molecule has 0 unspecified atom stereocenters. The molecule has 116 valence electrons. The highest BCUT2D eigenvalue weighted by Crippen LogP contribution is 2.30. The molecule has 0 saturated heterocycles. The molecule has 0 radical (unpaired) electrons. The van der Waals surface area contributed by atoms with Crippen LogP contribution in [0.2, 0.25) is 10.0 Å². The van der Waals surface area contributed by atoms with Crippen LogP contribution in [0.25, 0.3) is 11.3 Å². The van der Waals surface area contributed by atoms with Crippen molar-refractivity contribution in [3.63, 3.8) is 0 Å². The van der Waals surface area contributed by atoms with Crippen molar-refractivity contribution in [2.24, 2.45) is 0 Å². The van der Waals surface area contributed by atoms with Gasteiger partial charge in [0.2, 0.25) is 0 Å². The van der Waals surface area contributed by atoms with E-state index in [1.807, 2.05) is 0 Å². The molecule has 3 aromatic rings. The minimum absolute atomic E-state index is 0.0524. The fourth-order valence-corrected chi connectivity index (χ4v) is 2.48. The average Bonchev–Trinajstić information content (AvgIpc) is 2.97. The number of hydrogen-bond donors (Lipinski definition) is 2. The van der Waals surface area contributed by atoms with E-state index in [1.54, 1.807) is 30.3 Å². The first-order chi connectivity index (χ1) is 11.0. The average molecular weight is 349 g/mol. The van der Waals surface area contributed by atoms with E-state index in [0.29, 0.717) is 27.1 Å². The third-order valence-electron chi connectivity index (χ3n) is 3.04. The van der Waals surface area contributed by atoms with Crippen molar-refractivity contribution in [2.75, 3.05) is 5.32 Å². The van der Waals surface area contributed by atoms with Crippen LogP contribution < -0.4 is 5.32 Å². The van der Waals surface area contributed by atoms with E-state index in [1.165, 1.54) is 18.2 Å². The zero-order valence-corrected chi connectivity index (χ0v) is 13.1. The van der Waals surface area contributed by atoms with E-state index in [0.717, 1.165) is 0 Å². The summed E-state index contributed by atoms with van der Waals surface area (Å²) in [7, 11) is 0. The molecule has 0 bridgehead atoms. The summed E-state index contributed by atoms with van der Waals surface area (Å²) in [5.41, 5.74) is 1.12. The number of nitrogens with zero attached hydrogens (tertiary/aromatic N) is 1. The van der Waals surface area contributed by atoms with Gasteiger partial charge in [-0.05, 0) is 30.3 Å². The van der Waals surface area contributed by atoms with E-state index < -0.39 is 5.91 Å². The van der Waals surface area contributed by atoms with E-state index in [-0.39, 0.29) is 11.4 Å². The van der Waals surface area contributed by atoms with Crippen LogP contribution in [0.4, 0.5) is 5.69 Å². The molecule has 0 aliphatic carbocycles. The molecule has 0 aliphatic heterocycles. The molecule has 1 aromatic heterocycles. The van der Waals surface area contributed by atoms with Crippen molar-refractivity contribution < 1.29 is 14.4 Å². The Morgan fingerprint density at radius 3 is 2.70 bits per heavy atom. The number of benzene rings is 2. The largest absolute Gasteiger partial charge is 0.508 e. The molecular formula is C16H10Cl2N2O3. The van der Waals surface area contributed by atoms with Gasteiger partial charge in [0.15, 0.2) is 11.5 Å². The molecule has 23 heavy (non-hydrogen) atoms. The van der Waals surface area contributed by atoms with E-state index in [9.17, 15) is 9.90 Å². The topological polar surface area (TPSA) is 75.4 Å². The molecule has 0 atom stereocenters. The van der Waals surface area contributed by atoms with Crippen LogP contribution in [-0.4, -0.2) is 16.2 Å². The van der Waals surface area contributed by atoms with Gasteiger partial charge in [0.05, 0.1) is 5.02 Å². The molecule has 0 saturated carbocycles. The molecule has 0 fully saturated rings. The van der Waals surface area contributed by atoms with Crippen LogP contribution in [0.3, 0.4) is 0 Å². The number of aromatic hydroxyl groups is 1. The number of phenols is 1. The lowest BCUT2D eigenvalue weighted by atomic mass is 10.1. The van der Waals surface area contributed by atoms with Gasteiger partial charge in [0, 0.05) is 28.4 Å². The number of anilines is 1. The third kappa shape index (κ3) is 3.47. The lowest BCUT2D eigenvalue weighted by Crippen LogP contribution is -2.11. The van der Waals surface area contributed by atoms with Gasteiger partial charge in [0.25, 0.3) is 5.91 Å². The highest BCUT2D eigenvalue weighted by molar-refractivity contribution is 6.36. The predicted molar refractivity (Wildman–Crippen MR) is 88.0 cm³/mol. The van der Waals surface area contributed by atoms with Gasteiger partial charge >= 0.3 is 0 Å².